The van der Waals surface area contributed by atoms with E-state index in [-0.39, 0.29) is 18.0 Å². The maximum atomic E-state index is 11.6. The number of aliphatic hydroxyl groups excluding tert-OH is 1. The Labute approximate surface area is 97.5 Å². The van der Waals surface area contributed by atoms with Crippen LogP contribution in [-0.4, -0.2) is 36.6 Å². The molecule has 8 nitrogen and oxygen atoms in total. The standard InChI is InChI=1S/C8H11N3O5S/c12-5-1-4-10-17(15,16)7-2-3-8(9-6-7)11(13)14/h2-3,6,10,12H,1,4-5H2. The van der Waals surface area contributed by atoms with Crippen LogP contribution < -0.4 is 4.72 Å². The predicted octanol–water partition coefficient (Wildman–Crippen LogP) is -0.350. The lowest BCUT2D eigenvalue weighted by atomic mass is 10.5. The molecule has 1 aromatic heterocycles. The maximum absolute atomic E-state index is 11.6. The molecule has 0 unspecified atom stereocenters. The smallest absolute Gasteiger partial charge is 0.363 e. The lowest BCUT2D eigenvalue weighted by Crippen LogP contribution is -2.25. The molecular formula is C8H11N3O5S. The van der Waals surface area contributed by atoms with Crippen LogP contribution in [0.4, 0.5) is 5.82 Å². The molecule has 0 fully saturated rings. The molecule has 0 bridgehead atoms. The average Bonchev–Trinajstić information content (AvgIpc) is 2.29. The van der Waals surface area contributed by atoms with Gasteiger partial charge in [-0.1, -0.05) is 0 Å². The Bertz CT molecular complexity index is 484. The maximum Gasteiger partial charge on any atom is 0.363 e. The van der Waals surface area contributed by atoms with Gasteiger partial charge in [-0.25, -0.2) is 13.1 Å². The van der Waals surface area contributed by atoms with E-state index in [0.717, 1.165) is 18.3 Å². The molecule has 0 aliphatic rings. The van der Waals surface area contributed by atoms with E-state index in [1.54, 1.807) is 0 Å². The van der Waals surface area contributed by atoms with Crippen molar-refractivity contribution in [2.45, 2.75) is 11.3 Å². The second-order valence-electron chi connectivity index (χ2n) is 3.08. The van der Waals surface area contributed by atoms with Gasteiger partial charge in [0.1, 0.15) is 4.90 Å². The Morgan fingerprint density at radius 3 is 2.65 bits per heavy atom. The predicted molar refractivity (Wildman–Crippen MR) is 57.8 cm³/mol. The van der Waals surface area contributed by atoms with E-state index < -0.39 is 20.8 Å². The molecule has 9 heteroatoms. The summed E-state index contributed by atoms with van der Waals surface area (Å²) in [6, 6.07) is 2.12. The highest BCUT2D eigenvalue weighted by molar-refractivity contribution is 7.89. The van der Waals surface area contributed by atoms with E-state index in [4.69, 9.17) is 5.11 Å². The molecule has 0 saturated heterocycles. The van der Waals surface area contributed by atoms with Gasteiger partial charge in [-0.15, -0.1) is 0 Å². The van der Waals surface area contributed by atoms with Crippen molar-refractivity contribution in [2.24, 2.45) is 0 Å². The van der Waals surface area contributed by atoms with Crippen molar-refractivity contribution >= 4 is 15.8 Å². The normalized spacial score (nSPS) is 11.4. The fourth-order valence-electron chi connectivity index (χ4n) is 1.01. The van der Waals surface area contributed by atoms with Gasteiger partial charge >= 0.3 is 5.82 Å². The second-order valence-corrected chi connectivity index (χ2v) is 4.85. The van der Waals surface area contributed by atoms with Gasteiger partial charge in [-0.05, 0) is 22.4 Å². The Morgan fingerprint density at radius 2 is 2.18 bits per heavy atom. The number of pyridine rings is 1. The number of nitrogens with one attached hydrogen (secondary N) is 1. The van der Waals surface area contributed by atoms with Gasteiger partial charge in [-0.2, -0.15) is 0 Å². The highest BCUT2D eigenvalue weighted by Crippen LogP contribution is 2.11. The first kappa shape index (κ1) is 13.5. The summed E-state index contributed by atoms with van der Waals surface area (Å²) in [5.74, 6) is -0.417. The SMILES string of the molecule is O=[N+]([O-])c1ccc(S(=O)(=O)NCCCO)cn1. The van der Waals surface area contributed by atoms with Crippen LogP contribution in [0.2, 0.25) is 0 Å². The summed E-state index contributed by atoms with van der Waals surface area (Å²) < 4.78 is 25.4. The number of nitrogens with zero attached hydrogens (tertiary/aromatic N) is 2. The van der Waals surface area contributed by atoms with Crippen LogP contribution in [0.1, 0.15) is 6.42 Å². The van der Waals surface area contributed by atoms with E-state index >= 15 is 0 Å². The van der Waals surface area contributed by atoms with E-state index in [9.17, 15) is 18.5 Å². The summed E-state index contributed by atoms with van der Waals surface area (Å²) in [5, 5.41) is 18.8. The van der Waals surface area contributed by atoms with Crippen LogP contribution in [-0.2, 0) is 10.0 Å². The lowest BCUT2D eigenvalue weighted by molar-refractivity contribution is -0.389. The van der Waals surface area contributed by atoms with Crippen molar-refractivity contribution in [3.8, 4) is 0 Å². The Hall–Kier alpha value is -1.58. The van der Waals surface area contributed by atoms with Gasteiger partial charge in [-0.3, -0.25) is 0 Å². The number of nitro groups is 1. The molecule has 94 valence electrons. The van der Waals surface area contributed by atoms with Crippen molar-refractivity contribution < 1.29 is 18.4 Å². The van der Waals surface area contributed by atoms with Gasteiger partial charge in [0.15, 0.2) is 6.20 Å². The number of aliphatic hydroxyl groups is 1. The van der Waals surface area contributed by atoms with Crippen LogP contribution in [0.3, 0.4) is 0 Å². The van der Waals surface area contributed by atoms with E-state index in [1.807, 2.05) is 0 Å². The van der Waals surface area contributed by atoms with Crippen molar-refractivity contribution in [2.75, 3.05) is 13.2 Å². The van der Waals surface area contributed by atoms with Gasteiger partial charge in [0.05, 0.1) is 0 Å². The minimum absolute atomic E-state index is 0.0931. The van der Waals surface area contributed by atoms with E-state index in [1.165, 1.54) is 0 Å². The molecule has 1 heterocycles. The Kier molecular flexibility index (Phi) is 4.49. The van der Waals surface area contributed by atoms with Crippen LogP contribution >= 0.6 is 0 Å². The molecule has 1 rings (SSSR count). The summed E-state index contributed by atoms with van der Waals surface area (Å²) in [4.78, 5) is 12.9. The summed E-state index contributed by atoms with van der Waals surface area (Å²) in [6.45, 7) is -0.0309. The average molecular weight is 261 g/mol. The highest BCUT2D eigenvalue weighted by atomic mass is 32.2. The molecule has 0 amide bonds. The molecule has 0 saturated carbocycles. The lowest BCUT2D eigenvalue weighted by Gasteiger charge is -2.03. The van der Waals surface area contributed by atoms with Crippen LogP contribution in [0.5, 0.6) is 0 Å². The molecule has 0 aliphatic heterocycles. The first-order chi connectivity index (χ1) is 7.97. The van der Waals surface area contributed by atoms with Crippen molar-refractivity contribution in [3.63, 3.8) is 0 Å². The van der Waals surface area contributed by atoms with Gasteiger partial charge in [0.25, 0.3) is 0 Å². The van der Waals surface area contributed by atoms with E-state index in [0.29, 0.717) is 6.42 Å². The monoisotopic (exact) mass is 261 g/mol. The van der Waals surface area contributed by atoms with Crippen molar-refractivity contribution in [1.29, 1.82) is 0 Å². The third kappa shape index (κ3) is 3.73. The number of aromatic nitrogens is 1. The minimum Gasteiger partial charge on any atom is -0.396 e. The molecule has 1 aromatic rings. The third-order valence-electron chi connectivity index (χ3n) is 1.85. The number of hydrogen-bond acceptors (Lipinski definition) is 6. The summed E-state index contributed by atoms with van der Waals surface area (Å²) in [6.07, 6.45) is 1.21. The largest absolute Gasteiger partial charge is 0.396 e. The van der Waals surface area contributed by atoms with Gasteiger partial charge in [0, 0.05) is 19.2 Å². The molecule has 0 spiro atoms. The van der Waals surface area contributed by atoms with Crippen LogP contribution in [0, 0.1) is 10.1 Å². The molecular weight excluding hydrogens is 250 g/mol. The number of hydrogen-bond donors (Lipinski definition) is 2. The summed E-state index contributed by atoms with van der Waals surface area (Å²) in [7, 11) is -3.72. The molecule has 0 atom stereocenters. The van der Waals surface area contributed by atoms with E-state index in [2.05, 4.69) is 9.71 Å². The first-order valence-electron chi connectivity index (χ1n) is 4.68. The molecule has 2 N–H and O–H groups in total. The van der Waals surface area contributed by atoms with Gasteiger partial charge in [0.2, 0.25) is 10.0 Å². The quantitative estimate of drug-likeness (QED) is 0.410. The number of rotatable bonds is 6. The van der Waals surface area contributed by atoms with Crippen LogP contribution in [0.15, 0.2) is 23.2 Å². The third-order valence-corrected chi connectivity index (χ3v) is 3.29. The summed E-state index contributed by atoms with van der Waals surface area (Å²) >= 11 is 0. The highest BCUT2D eigenvalue weighted by Gasteiger charge is 2.17. The number of sulfonamides is 1. The molecule has 17 heavy (non-hydrogen) atoms. The zero-order valence-electron chi connectivity index (χ0n) is 8.74. The second kappa shape index (κ2) is 5.66. The molecule has 0 aliphatic carbocycles. The topological polar surface area (TPSA) is 122 Å². The fraction of sp³-hybridized carbons (Fsp3) is 0.375. The fourth-order valence-corrected chi connectivity index (χ4v) is 2.03. The molecule has 0 aromatic carbocycles. The van der Waals surface area contributed by atoms with Crippen molar-refractivity contribution in [1.82, 2.24) is 9.71 Å². The zero-order chi connectivity index (χ0) is 12.9. The molecule has 0 radical (unpaired) electrons. The van der Waals surface area contributed by atoms with Crippen LogP contribution in [0.25, 0.3) is 0 Å². The zero-order valence-corrected chi connectivity index (χ0v) is 9.55. The van der Waals surface area contributed by atoms with Gasteiger partial charge < -0.3 is 15.2 Å². The minimum atomic E-state index is -3.72. The first-order valence-corrected chi connectivity index (χ1v) is 6.16. The van der Waals surface area contributed by atoms with Crippen molar-refractivity contribution in [3.05, 3.63) is 28.4 Å². The summed E-state index contributed by atoms with van der Waals surface area (Å²) in [5.41, 5.74) is 0. The Balaban J connectivity index is 2.81. The Morgan fingerprint density at radius 1 is 1.47 bits per heavy atom.